The molecule has 1 nitrogen and oxygen atoms in total. The molecule has 2 aromatic carbocycles. The number of hydrogen-bond donors (Lipinski definition) is 0. The van der Waals surface area contributed by atoms with Gasteiger partial charge in [0.25, 0.3) is 0 Å². The first-order valence-electron chi connectivity index (χ1n) is 6.84. The lowest BCUT2D eigenvalue weighted by Gasteiger charge is -2.12. The number of nitrogens with zero attached hydrogens (tertiary/aromatic N) is 1. The highest BCUT2D eigenvalue weighted by Gasteiger charge is 2.33. The minimum absolute atomic E-state index is 0.0816. The number of rotatable bonds is 2. The van der Waals surface area contributed by atoms with E-state index in [9.17, 15) is 17.6 Å². The van der Waals surface area contributed by atoms with Crippen LogP contribution in [0.1, 0.15) is 5.69 Å². The summed E-state index contributed by atoms with van der Waals surface area (Å²) in [6.45, 7) is 0. The molecule has 0 atom stereocenters. The van der Waals surface area contributed by atoms with Crippen LogP contribution in [0.4, 0.5) is 17.6 Å². The highest BCUT2D eigenvalue weighted by Crippen LogP contribution is 2.33. The Labute approximate surface area is 130 Å². The molecule has 0 fully saturated rings. The molecule has 0 aliphatic carbocycles. The molecular formula is C18H11F4N. The molecule has 116 valence electrons. The number of alkyl halides is 3. The van der Waals surface area contributed by atoms with Crippen molar-refractivity contribution in [1.29, 1.82) is 0 Å². The summed E-state index contributed by atoms with van der Waals surface area (Å²) in [7, 11) is 0. The van der Waals surface area contributed by atoms with Gasteiger partial charge in [0.05, 0.1) is 5.69 Å². The Morgan fingerprint density at radius 2 is 1.39 bits per heavy atom. The van der Waals surface area contributed by atoms with Crippen LogP contribution < -0.4 is 0 Å². The van der Waals surface area contributed by atoms with E-state index in [1.165, 1.54) is 24.3 Å². The first-order valence-corrected chi connectivity index (χ1v) is 6.84. The van der Waals surface area contributed by atoms with Gasteiger partial charge in [-0.05, 0) is 35.4 Å². The van der Waals surface area contributed by atoms with Crippen LogP contribution >= 0.6 is 0 Å². The summed E-state index contributed by atoms with van der Waals surface area (Å²) < 4.78 is 52.7. The molecule has 0 spiro atoms. The van der Waals surface area contributed by atoms with Gasteiger partial charge in [0.1, 0.15) is 11.5 Å². The lowest BCUT2D eigenvalue weighted by Crippen LogP contribution is -2.09. The summed E-state index contributed by atoms with van der Waals surface area (Å²) in [4.78, 5) is 3.65. The van der Waals surface area contributed by atoms with Crippen molar-refractivity contribution in [3.8, 4) is 22.4 Å². The minimum atomic E-state index is -4.58. The summed E-state index contributed by atoms with van der Waals surface area (Å²) in [5.74, 6) is -0.525. The summed E-state index contributed by atoms with van der Waals surface area (Å²) in [6.07, 6.45) is -4.58. The molecule has 23 heavy (non-hydrogen) atoms. The summed E-state index contributed by atoms with van der Waals surface area (Å²) in [6, 6.07) is 16.6. The molecule has 1 aromatic heterocycles. The van der Waals surface area contributed by atoms with Gasteiger partial charge >= 0.3 is 6.18 Å². The van der Waals surface area contributed by atoms with Crippen LogP contribution in [0.15, 0.2) is 66.7 Å². The summed E-state index contributed by atoms with van der Waals surface area (Å²) in [5, 5.41) is 0. The number of halogens is 4. The van der Waals surface area contributed by atoms with Crippen LogP contribution in [0, 0.1) is 5.82 Å². The van der Waals surface area contributed by atoms with Gasteiger partial charge in [-0.1, -0.05) is 42.5 Å². The lowest BCUT2D eigenvalue weighted by molar-refractivity contribution is -0.141. The first-order chi connectivity index (χ1) is 10.9. The maximum Gasteiger partial charge on any atom is 0.433 e. The monoisotopic (exact) mass is 317 g/mol. The smallest absolute Gasteiger partial charge is 0.243 e. The molecule has 0 saturated carbocycles. The molecule has 0 unspecified atom stereocenters. The summed E-state index contributed by atoms with van der Waals surface area (Å²) in [5.41, 5.74) is 0.398. The van der Waals surface area contributed by atoms with E-state index in [0.717, 1.165) is 12.1 Å². The van der Waals surface area contributed by atoms with E-state index >= 15 is 0 Å². The molecule has 5 heteroatoms. The van der Waals surface area contributed by atoms with Gasteiger partial charge < -0.3 is 0 Å². The van der Waals surface area contributed by atoms with E-state index in [1.807, 2.05) is 0 Å². The minimum Gasteiger partial charge on any atom is -0.243 e. The van der Waals surface area contributed by atoms with E-state index in [-0.39, 0.29) is 5.69 Å². The van der Waals surface area contributed by atoms with Gasteiger partial charge in [0.2, 0.25) is 0 Å². The van der Waals surface area contributed by atoms with Gasteiger partial charge in [-0.25, -0.2) is 9.37 Å². The predicted octanol–water partition coefficient (Wildman–Crippen LogP) is 5.57. The molecule has 0 N–H and O–H groups in total. The van der Waals surface area contributed by atoms with Gasteiger partial charge in [0, 0.05) is 5.56 Å². The number of hydrogen-bond acceptors (Lipinski definition) is 1. The Balaban J connectivity index is 2.20. The van der Waals surface area contributed by atoms with Crippen molar-refractivity contribution in [3.05, 3.63) is 78.2 Å². The van der Waals surface area contributed by atoms with Crippen LogP contribution in [-0.4, -0.2) is 4.98 Å². The Morgan fingerprint density at radius 3 is 2.04 bits per heavy atom. The molecule has 0 saturated heterocycles. The molecule has 1 heterocycles. The maximum atomic E-state index is 13.4. The van der Waals surface area contributed by atoms with Crippen molar-refractivity contribution in [3.63, 3.8) is 0 Å². The first kappa shape index (κ1) is 15.2. The Hall–Kier alpha value is -2.69. The third-order valence-electron chi connectivity index (χ3n) is 3.34. The van der Waals surface area contributed by atoms with Gasteiger partial charge in [-0.15, -0.1) is 0 Å². The molecule has 0 radical (unpaired) electrons. The normalized spacial score (nSPS) is 11.5. The maximum absolute atomic E-state index is 13.4. The van der Waals surface area contributed by atoms with Crippen molar-refractivity contribution >= 4 is 0 Å². The van der Waals surface area contributed by atoms with E-state index in [4.69, 9.17) is 0 Å². The molecule has 0 aliphatic rings. The van der Waals surface area contributed by atoms with Gasteiger partial charge in [0.15, 0.2) is 0 Å². The van der Waals surface area contributed by atoms with Crippen molar-refractivity contribution in [1.82, 2.24) is 4.98 Å². The van der Waals surface area contributed by atoms with Crippen molar-refractivity contribution in [2.24, 2.45) is 0 Å². The standard InChI is InChI=1S/C18H11F4N/c19-15-8-4-7-13(9-15)16-10-14(12-5-2-1-3-6-12)11-17(23-16)18(20,21)22/h1-11H. The van der Waals surface area contributed by atoms with E-state index in [1.54, 1.807) is 30.3 Å². The number of benzene rings is 2. The third kappa shape index (κ3) is 3.39. The number of aromatic nitrogens is 1. The zero-order chi connectivity index (χ0) is 16.4. The second kappa shape index (κ2) is 5.83. The van der Waals surface area contributed by atoms with E-state index in [2.05, 4.69) is 4.98 Å². The van der Waals surface area contributed by atoms with Gasteiger partial charge in [-0.2, -0.15) is 13.2 Å². The molecule has 0 aliphatic heterocycles. The zero-order valence-electron chi connectivity index (χ0n) is 11.8. The Bertz CT molecular complexity index is 826. The van der Waals surface area contributed by atoms with Crippen LogP contribution in [0.5, 0.6) is 0 Å². The van der Waals surface area contributed by atoms with Crippen molar-refractivity contribution in [2.75, 3.05) is 0 Å². The number of pyridine rings is 1. The summed E-state index contributed by atoms with van der Waals surface area (Å²) >= 11 is 0. The van der Waals surface area contributed by atoms with E-state index < -0.39 is 17.7 Å². The average molecular weight is 317 g/mol. The highest BCUT2D eigenvalue weighted by molar-refractivity contribution is 5.71. The molecule has 0 amide bonds. The molecule has 3 aromatic rings. The van der Waals surface area contributed by atoms with E-state index in [0.29, 0.717) is 16.7 Å². The fourth-order valence-corrected chi connectivity index (χ4v) is 2.27. The van der Waals surface area contributed by atoms with Crippen molar-refractivity contribution in [2.45, 2.75) is 6.18 Å². The fraction of sp³-hybridized carbons (Fsp3) is 0.0556. The largest absolute Gasteiger partial charge is 0.433 e. The molecule has 3 rings (SSSR count). The zero-order valence-corrected chi connectivity index (χ0v) is 11.8. The third-order valence-corrected chi connectivity index (χ3v) is 3.34. The van der Waals surface area contributed by atoms with Crippen LogP contribution in [0.2, 0.25) is 0 Å². The van der Waals surface area contributed by atoms with Crippen LogP contribution in [0.25, 0.3) is 22.4 Å². The molecule has 0 bridgehead atoms. The topological polar surface area (TPSA) is 12.9 Å². The Kier molecular flexibility index (Phi) is 3.86. The van der Waals surface area contributed by atoms with Crippen LogP contribution in [0.3, 0.4) is 0 Å². The second-order valence-corrected chi connectivity index (χ2v) is 5.00. The predicted molar refractivity (Wildman–Crippen MR) is 80.1 cm³/mol. The van der Waals surface area contributed by atoms with Gasteiger partial charge in [-0.3, -0.25) is 0 Å². The van der Waals surface area contributed by atoms with Crippen LogP contribution in [-0.2, 0) is 6.18 Å². The SMILES string of the molecule is Fc1cccc(-c2cc(-c3ccccc3)cc(C(F)(F)F)n2)c1. The average Bonchev–Trinajstić information content (AvgIpc) is 2.54. The van der Waals surface area contributed by atoms with Crippen molar-refractivity contribution < 1.29 is 17.6 Å². The highest BCUT2D eigenvalue weighted by atomic mass is 19.4. The quantitative estimate of drug-likeness (QED) is 0.563. The second-order valence-electron chi connectivity index (χ2n) is 5.00. The Morgan fingerprint density at radius 1 is 0.696 bits per heavy atom. The fourth-order valence-electron chi connectivity index (χ4n) is 2.27. The molecular weight excluding hydrogens is 306 g/mol. The lowest BCUT2D eigenvalue weighted by atomic mass is 10.0.